The van der Waals surface area contributed by atoms with E-state index in [1.807, 2.05) is 241 Å². The van der Waals surface area contributed by atoms with Crippen molar-refractivity contribution in [2.24, 2.45) is 9.98 Å². The minimum absolute atomic E-state index is 0. The Morgan fingerprint density at radius 1 is 0.297 bits per heavy atom. The van der Waals surface area contributed by atoms with Gasteiger partial charge in [0.15, 0.2) is 0 Å². The normalized spacial score (nSPS) is 6.00. The topological polar surface area (TPSA) is 24.7 Å². The minimum atomic E-state index is 0. The van der Waals surface area contributed by atoms with E-state index in [1.165, 1.54) is 42.4 Å². The fourth-order valence-corrected chi connectivity index (χ4v) is 3.08. The summed E-state index contributed by atoms with van der Waals surface area (Å²) in [7, 11) is 0. The van der Waals surface area contributed by atoms with Crippen LogP contribution in [0.5, 0.6) is 0 Å². The summed E-state index contributed by atoms with van der Waals surface area (Å²) in [5, 5.41) is 0. The van der Waals surface area contributed by atoms with Crippen LogP contribution >= 0.6 is 0 Å². The molecule has 0 aliphatic heterocycles. The third-order valence-corrected chi connectivity index (χ3v) is 6.94. The van der Waals surface area contributed by atoms with Crippen molar-refractivity contribution in [3.05, 3.63) is 265 Å². The first kappa shape index (κ1) is 247. The summed E-state index contributed by atoms with van der Waals surface area (Å²) in [5.74, 6) is 0. The van der Waals surface area contributed by atoms with Gasteiger partial charge in [-0.15, -0.1) is 31.5 Å². The van der Waals surface area contributed by atoms with E-state index in [0.29, 0.717) is 13.1 Å². The van der Waals surface area contributed by atoms with Gasteiger partial charge in [0.1, 0.15) is 0 Å². The molecule has 0 saturated heterocycles. The first-order valence-corrected chi connectivity index (χ1v) is 38.3. The van der Waals surface area contributed by atoms with Gasteiger partial charge in [-0.05, 0) is 6.54 Å². The molecule has 0 bridgehead atoms. The van der Waals surface area contributed by atoms with Crippen molar-refractivity contribution in [1.29, 1.82) is 0 Å². The molecular weight excluding hydrogens is 2340 g/mol. The Morgan fingerprint density at radius 2 is 0.532 bits per heavy atom. The molecule has 0 unspecified atom stereocenters. The van der Waals surface area contributed by atoms with Crippen LogP contribution in [0.2, 0.25) is 0 Å². The molecule has 651 valence electrons. The van der Waals surface area contributed by atoms with Crippen LogP contribution in [0.3, 0.4) is 0 Å². The van der Waals surface area contributed by atoms with Gasteiger partial charge in [-0.1, -0.05) is 219 Å². The number of hydrogen-bond acceptors (Lipinski definition) is 2. The zero-order valence-corrected chi connectivity index (χ0v) is 117. The van der Waals surface area contributed by atoms with Gasteiger partial charge in [-0.2, -0.15) is 160 Å². The van der Waals surface area contributed by atoms with Crippen LogP contribution in [0.25, 0.3) is 0 Å². The maximum atomic E-state index is 4.97. The molecule has 3 aromatic rings. The molecule has 0 fully saturated rings. The molecule has 3 aromatic carbocycles. The maximum absolute atomic E-state index is 4.97. The van der Waals surface area contributed by atoms with Gasteiger partial charge < -0.3 is 175 Å². The third-order valence-electron chi connectivity index (χ3n) is 6.94. The van der Waals surface area contributed by atoms with Crippen molar-refractivity contribution in [2.45, 2.75) is 342 Å². The number of nitrogens with zero attached hydrogens (tertiary/aromatic N) is 2. The zero-order valence-electron chi connectivity index (χ0n) is 79.9. The monoisotopic (exact) mass is 2530 g/mol. The molecule has 0 atom stereocenters. The second-order valence-corrected chi connectivity index (χ2v) is 13.7. The van der Waals surface area contributed by atoms with E-state index >= 15 is 0 Å². The summed E-state index contributed by atoms with van der Waals surface area (Å²) >= 11 is 0. The molecule has 2 nitrogen and oxygen atoms in total. The molecule has 111 heavy (non-hydrogen) atoms. The molecular formula is C96H192N2Y13-26. The average Bonchev–Trinajstić information content (AvgIpc) is 0.934. The van der Waals surface area contributed by atoms with Crippen LogP contribution in [0, 0.1) is 164 Å². The first-order valence-electron chi connectivity index (χ1n) is 38.3. The van der Waals surface area contributed by atoms with Gasteiger partial charge in [0.2, 0.25) is 0 Å². The van der Waals surface area contributed by atoms with E-state index < -0.39 is 0 Å². The standard InChI is InChI=1S/2C9H10.C8H8.C6H12.2C5H10.C5H8.C4H7N.3C4H8.C3H5N.C3H6.13C2H6.CH4.13Y/c1-3-9-7-5-4-6-8(9)2;1-2-6-9-7-4-3-5-8-9;1-2-8-6-4-3-5-7-8;1-3-5-6-4-2;3*1-3-5-4-2;1-3-4-5-2;4*1-3-4-2;1-3-2;13*1-2;;;;;;;;;;;;;;/h4-7H,1-3H2;3-5,7H,1-2,6H2;3-6H,1-2H2;1-6H2;2*1-5H2;1,3H,2,4-5H2;2H,1,3-4H2;3*1-4H2;2H,1,3H2;1-3H2;13*1-2H3;1H4;;;;;;;;;;;;;/q13*-2;;;;;;;;;;;;;;;;;;;;;;;;;;;. The molecule has 13 radical (unpaired) electrons. The van der Waals surface area contributed by atoms with Gasteiger partial charge in [-0.25, -0.2) is 44.9 Å². The van der Waals surface area contributed by atoms with Gasteiger partial charge in [0.05, 0.1) is 0 Å². The van der Waals surface area contributed by atoms with E-state index in [4.69, 9.17) is 13.3 Å². The number of hydrogen-bond donors (Lipinski definition) is 0. The van der Waals surface area contributed by atoms with E-state index in [-0.39, 0.29) is 433 Å². The molecule has 0 heterocycles. The predicted molar refractivity (Wildman–Crippen MR) is 487 cm³/mol. The number of allylic oxidation sites excluding steroid dienone is 1. The zero-order chi connectivity index (χ0) is 82.7. The number of aliphatic imine (C=N–C) groups is 2. The Hall–Kier alpha value is 11.0. The van der Waals surface area contributed by atoms with Gasteiger partial charge in [0, 0.05) is 425 Å². The number of aryl methyl sites for hydroxylation is 1. The van der Waals surface area contributed by atoms with E-state index in [1.54, 1.807) is 6.08 Å². The number of unbranched alkanes of at least 4 members (excludes halogenated alkanes) is 11. The van der Waals surface area contributed by atoms with Crippen molar-refractivity contribution in [3.63, 3.8) is 0 Å². The summed E-state index contributed by atoms with van der Waals surface area (Å²) in [6.07, 6.45) is 25.5. The van der Waals surface area contributed by atoms with Gasteiger partial charge in [-0.3, -0.25) is 6.08 Å². The summed E-state index contributed by atoms with van der Waals surface area (Å²) in [5.41, 5.74) is 4.75. The summed E-state index contributed by atoms with van der Waals surface area (Å²) in [4.78, 5) is 6.42. The maximum Gasteiger partial charge on any atom is 0 e. The summed E-state index contributed by atoms with van der Waals surface area (Å²) in [6, 6.07) is 30.1. The molecule has 0 amide bonds. The Kier molecular flexibility index (Phi) is 891. The molecule has 15 heteroatoms. The average molecular weight is 2530 g/mol. The van der Waals surface area contributed by atoms with Crippen LogP contribution in [0.15, 0.2) is 88.9 Å². The Labute approximate surface area is 1050 Å². The molecule has 0 aliphatic carbocycles. The van der Waals surface area contributed by atoms with Crippen LogP contribution < -0.4 is 0 Å². The van der Waals surface area contributed by atoms with Crippen LogP contribution in [-0.2, 0) is 444 Å². The molecule has 0 aliphatic rings. The molecule has 0 saturated carbocycles. The van der Waals surface area contributed by atoms with Gasteiger partial charge >= 0.3 is 0 Å². The molecule has 0 spiro atoms. The Morgan fingerprint density at radius 3 is 0.631 bits per heavy atom. The Bertz CT molecular complexity index is 1190. The smallest absolute Gasteiger partial charge is 0 e. The number of rotatable bonds is 19. The molecule has 0 N–H and O–H groups in total. The van der Waals surface area contributed by atoms with Gasteiger partial charge in [0.25, 0.3) is 0 Å². The summed E-state index contributed by atoms with van der Waals surface area (Å²) in [6.45, 7) is 143. The minimum Gasteiger partial charge on any atom is -0.536 e. The summed E-state index contributed by atoms with van der Waals surface area (Å²) < 4.78 is 0. The predicted octanol–water partition coefficient (Wildman–Crippen LogP) is 34.3. The quantitative estimate of drug-likeness (QED) is 0.0649. The second kappa shape index (κ2) is 400. The SMILES string of the molecule is C.CC.CC.CC.CC.CC.CC.CC.CC.CC.CC.CC.CC.CC.[CH-]=CCC[CH2-].[CH-]=NCC[CH2-].[CH-]=NC[CH2-].[CH2-]CCCC[CH2-].[CH2-]CCC[CH2-].[CH2-]CCC[CH2-].[CH2-]CC[CH2-].[CH2-]CC[CH2-].[CH2-]CC[CH2-].[CH2-]CCc1[c-]cccc1.[CH2-]C[CH2-].[CH2-]Cc1[c-]cccc1.[CH2-]Cc1ccccc1[CH2-].[Y].[Y].[Y].[Y].[Y].[Y].[Y].[Y].[Y].[Y].[Y].[Y].[Y]. The van der Waals surface area contributed by atoms with Crippen molar-refractivity contribution < 1.29 is 425 Å². The van der Waals surface area contributed by atoms with Crippen molar-refractivity contribution in [1.82, 2.24) is 0 Å². The van der Waals surface area contributed by atoms with E-state index in [0.717, 1.165) is 134 Å². The Balaban J connectivity index is -0.0000000149. The van der Waals surface area contributed by atoms with Crippen LogP contribution in [0.4, 0.5) is 0 Å². The fraction of sp³-hybridized carbons (Fsp3) is 0.552. The van der Waals surface area contributed by atoms with Crippen LogP contribution in [-0.4, -0.2) is 26.5 Å². The van der Waals surface area contributed by atoms with Crippen molar-refractivity contribution in [3.8, 4) is 0 Å². The third kappa shape index (κ3) is 476. The van der Waals surface area contributed by atoms with Crippen molar-refractivity contribution >= 4 is 13.4 Å². The second-order valence-electron chi connectivity index (χ2n) is 13.7. The molecule has 0 aromatic heterocycles. The largest absolute Gasteiger partial charge is 0.536 e. The fourth-order valence-electron chi connectivity index (χ4n) is 3.08. The van der Waals surface area contributed by atoms with Crippen LogP contribution in [0.1, 0.15) is 345 Å². The number of benzene rings is 3. The molecule has 3 rings (SSSR count). The van der Waals surface area contributed by atoms with Crippen molar-refractivity contribution in [2.75, 3.05) is 13.1 Å². The first-order chi connectivity index (χ1) is 47.3. The van der Waals surface area contributed by atoms with E-state index in [9.17, 15) is 0 Å². The van der Waals surface area contributed by atoms with E-state index in [2.05, 4.69) is 186 Å².